The Morgan fingerprint density at radius 1 is 0.323 bits per heavy atom. The first-order chi connectivity index (χ1) is 30.7. The number of fused-ring (bicyclic) bond motifs is 7. The van der Waals surface area contributed by atoms with E-state index in [2.05, 4.69) is 187 Å². The first-order valence-electron chi connectivity index (χ1n) is 20.8. The van der Waals surface area contributed by atoms with Gasteiger partial charge in [-0.05, 0) is 75.8 Å². The van der Waals surface area contributed by atoms with Crippen LogP contribution in [0, 0.1) is 0 Å². The van der Waals surface area contributed by atoms with E-state index in [1.807, 2.05) is 47.7 Å². The van der Waals surface area contributed by atoms with Crippen molar-refractivity contribution in [1.29, 1.82) is 0 Å². The van der Waals surface area contributed by atoms with E-state index in [0.717, 1.165) is 50.1 Å². The van der Waals surface area contributed by atoms with Gasteiger partial charge in [-0.1, -0.05) is 176 Å². The van der Waals surface area contributed by atoms with Gasteiger partial charge in [0.2, 0.25) is 0 Å². The lowest BCUT2D eigenvalue weighted by molar-refractivity contribution is 1.06. The predicted octanol–water partition coefficient (Wildman–Crippen LogP) is 15.3. The lowest BCUT2D eigenvalue weighted by atomic mass is 9.92. The van der Waals surface area contributed by atoms with Gasteiger partial charge >= 0.3 is 0 Å². The van der Waals surface area contributed by atoms with Crippen LogP contribution in [0.25, 0.3) is 115 Å². The first kappa shape index (κ1) is 35.9. The minimum absolute atomic E-state index is 0.603. The Bertz CT molecular complexity index is 3500. The fourth-order valence-electron chi connectivity index (χ4n) is 8.89. The number of thiophene rings is 1. The van der Waals surface area contributed by atoms with Gasteiger partial charge in [0.05, 0.1) is 21.4 Å². The number of nitrogens with zero attached hydrogens (tertiary/aromatic N) is 4. The third-order valence-electron chi connectivity index (χ3n) is 11.8. The summed E-state index contributed by atoms with van der Waals surface area (Å²) >= 11 is 1.85. The molecule has 5 heteroatoms. The molecule has 0 amide bonds. The summed E-state index contributed by atoms with van der Waals surface area (Å²) in [6.07, 6.45) is 0. The second-order valence-electron chi connectivity index (χ2n) is 15.6. The van der Waals surface area contributed by atoms with Crippen molar-refractivity contribution in [1.82, 2.24) is 19.5 Å². The number of hydrogen-bond donors (Lipinski definition) is 0. The molecule has 0 radical (unpaired) electrons. The van der Waals surface area contributed by atoms with Crippen LogP contribution < -0.4 is 0 Å². The van der Waals surface area contributed by atoms with Crippen LogP contribution in [0.15, 0.2) is 218 Å². The normalized spacial score (nSPS) is 11.5. The highest BCUT2D eigenvalue weighted by atomic mass is 32.1. The van der Waals surface area contributed by atoms with Gasteiger partial charge in [0.1, 0.15) is 0 Å². The third kappa shape index (κ3) is 6.18. The van der Waals surface area contributed by atoms with E-state index in [1.54, 1.807) is 0 Å². The Balaban J connectivity index is 1.18. The smallest absolute Gasteiger partial charge is 0.166 e. The third-order valence-corrected chi connectivity index (χ3v) is 13.0. The molecule has 0 spiro atoms. The fourth-order valence-corrected chi connectivity index (χ4v) is 10.1. The number of para-hydroxylation sites is 1. The quantitative estimate of drug-likeness (QED) is 0.161. The van der Waals surface area contributed by atoms with Gasteiger partial charge in [-0.15, -0.1) is 11.3 Å². The van der Waals surface area contributed by atoms with E-state index in [-0.39, 0.29) is 0 Å². The molecule has 0 aliphatic carbocycles. The predicted molar refractivity (Wildman–Crippen MR) is 260 cm³/mol. The molecule has 12 rings (SSSR count). The van der Waals surface area contributed by atoms with Crippen LogP contribution in [0.1, 0.15) is 0 Å². The molecular formula is C57H36N4S. The summed E-state index contributed by atoms with van der Waals surface area (Å²) in [7, 11) is 0. The Kier molecular flexibility index (Phi) is 8.65. The molecule has 0 bridgehead atoms. The molecule has 62 heavy (non-hydrogen) atoms. The van der Waals surface area contributed by atoms with Crippen molar-refractivity contribution in [2.24, 2.45) is 0 Å². The molecule has 0 aliphatic heterocycles. The fraction of sp³-hybridized carbons (Fsp3) is 0. The Morgan fingerprint density at radius 3 is 1.42 bits per heavy atom. The number of hydrogen-bond acceptors (Lipinski definition) is 4. The zero-order valence-corrected chi connectivity index (χ0v) is 34.3. The first-order valence-corrected chi connectivity index (χ1v) is 21.7. The Morgan fingerprint density at radius 2 is 0.806 bits per heavy atom. The molecule has 0 fully saturated rings. The van der Waals surface area contributed by atoms with Crippen LogP contribution in [-0.2, 0) is 0 Å². The van der Waals surface area contributed by atoms with Crippen molar-refractivity contribution < 1.29 is 0 Å². The molecule has 4 nitrogen and oxygen atoms in total. The van der Waals surface area contributed by atoms with Crippen molar-refractivity contribution in [3.8, 4) is 73.2 Å². The van der Waals surface area contributed by atoms with Gasteiger partial charge < -0.3 is 4.57 Å². The summed E-state index contributed by atoms with van der Waals surface area (Å²) in [6, 6.07) is 77.5. The molecule has 0 unspecified atom stereocenters. The second kappa shape index (κ2) is 14.9. The molecule has 0 saturated carbocycles. The summed E-state index contributed by atoms with van der Waals surface area (Å²) < 4.78 is 4.97. The zero-order valence-electron chi connectivity index (χ0n) is 33.5. The van der Waals surface area contributed by atoms with Gasteiger partial charge in [-0.25, -0.2) is 15.0 Å². The van der Waals surface area contributed by atoms with Gasteiger partial charge in [0.25, 0.3) is 0 Å². The highest BCUT2D eigenvalue weighted by Gasteiger charge is 2.23. The van der Waals surface area contributed by atoms with Crippen molar-refractivity contribution in [2.75, 3.05) is 0 Å². The molecule has 0 aliphatic rings. The van der Waals surface area contributed by atoms with Crippen molar-refractivity contribution in [2.45, 2.75) is 0 Å². The van der Waals surface area contributed by atoms with E-state index < -0.39 is 0 Å². The van der Waals surface area contributed by atoms with Crippen LogP contribution in [0.3, 0.4) is 0 Å². The van der Waals surface area contributed by atoms with Gasteiger partial charge in [-0.2, -0.15) is 0 Å². The summed E-state index contributed by atoms with van der Waals surface area (Å²) in [5.41, 5.74) is 12.9. The highest BCUT2D eigenvalue weighted by Crippen LogP contribution is 2.45. The van der Waals surface area contributed by atoms with Crippen LogP contribution in [0.5, 0.6) is 0 Å². The van der Waals surface area contributed by atoms with Crippen LogP contribution in [-0.4, -0.2) is 19.5 Å². The maximum Gasteiger partial charge on any atom is 0.166 e. The average molecular weight is 809 g/mol. The van der Waals surface area contributed by atoms with Crippen LogP contribution in [0.4, 0.5) is 0 Å². The van der Waals surface area contributed by atoms with Gasteiger partial charge in [0, 0.05) is 42.9 Å². The van der Waals surface area contributed by atoms with E-state index in [4.69, 9.17) is 15.0 Å². The number of benzene rings is 9. The molecule has 3 heterocycles. The molecule has 0 N–H and O–H groups in total. The summed E-state index contributed by atoms with van der Waals surface area (Å²) in [6.45, 7) is 0. The van der Waals surface area contributed by atoms with Crippen molar-refractivity contribution in [3.63, 3.8) is 0 Å². The van der Waals surface area contributed by atoms with Crippen LogP contribution in [0.2, 0.25) is 0 Å². The zero-order chi connectivity index (χ0) is 41.0. The SMILES string of the molecule is c1ccc(-c2cc(-c3ccccc3)cc(-c3ccc(-n4c5ccccc5c5ccc6c7ccccc7sc6c54)c(-c4nc(-c5ccccc5)nc(-c5ccccc5)n4)c3)c2)cc1. The summed E-state index contributed by atoms with van der Waals surface area (Å²) in [4.78, 5) is 15.8. The molecule has 0 saturated heterocycles. The molecule has 9 aromatic carbocycles. The van der Waals surface area contributed by atoms with E-state index in [1.165, 1.54) is 47.6 Å². The minimum Gasteiger partial charge on any atom is -0.307 e. The molecule has 0 atom stereocenters. The molecule has 290 valence electrons. The topological polar surface area (TPSA) is 43.6 Å². The highest BCUT2D eigenvalue weighted by molar-refractivity contribution is 7.26. The maximum absolute atomic E-state index is 5.36. The van der Waals surface area contributed by atoms with E-state index in [9.17, 15) is 0 Å². The summed E-state index contributed by atoms with van der Waals surface area (Å²) in [5, 5.41) is 4.94. The van der Waals surface area contributed by atoms with E-state index in [0.29, 0.717) is 17.5 Å². The molecular weight excluding hydrogens is 773 g/mol. The Labute approximate surface area is 362 Å². The standard InChI is InChI=1S/C57H36N4S/c1-5-17-37(18-6-1)42-33-43(38-19-7-2-8-20-38)35-44(34-42)41-29-32-51(49(36-41)57-59-55(39-21-9-3-10-22-39)58-56(60-57)40-23-11-4-12-24-40)61-50-27-15-13-25-45(50)47-30-31-48-46-26-14-16-28-52(46)62-54(48)53(47)61/h1-36H. The number of aromatic nitrogens is 4. The van der Waals surface area contributed by atoms with Crippen molar-refractivity contribution in [3.05, 3.63) is 218 Å². The monoisotopic (exact) mass is 808 g/mol. The van der Waals surface area contributed by atoms with Crippen LogP contribution >= 0.6 is 11.3 Å². The lowest BCUT2D eigenvalue weighted by Crippen LogP contribution is -2.04. The summed E-state index contributed by atoms with van der Waals surface area (Å²) in [5.74, 6) is 1.85. The van der Waals surface area contributed by atoms with E-state index >= 15 is 0 Å². The molecule has 12 aromatic rings. The van der Waals surface area contributed by atoms with Gasteiger partial charge in [-0.3, -0.25) is 0 Å². The lowest BCUT2D eigenvalue weighted by Gasteiger charge is -2.17. The molecule has 3 aromatic heterocycles. The number of rotatable bonds is 7. The maximum atomic E-state index is 5.36. The van der Waals surface area contributed by atoms with Crippen molar-refractivity contribution >= 4 is 53.3 Å². The Hall–Kier alpha value is -7.99. The van der Waals surface area contributed by atoms with Gasteiger partial charge in [0.15, 0.2) is 17.5 Å². The average Bonchev–Trinajstić information content (AvgIpc) is 3.91. The largest absolute Gasteiger partial charge is 0.307 e. The minimum atomic E-state index is 0.603. The second-order valence-corrected chi connectivity index (χ2v) is 16.6.